The van der Waals surface area contributed by atoms with E-state index in [9.17, 15) is 0 Å². The van der Waals surface area contributed by atoms with Crippen LogP contribution in [0.2, 0.25) is 0 Å². The molecule has 0 aromatic carbocycles. The second kappa shape index (κ2) is 5.31. The van der Waals surface area contributed by atoms with Crippen LogP contribution in [0.25, 0.3) is 0 Å². The smallest absolute Gasteiger partial charge is 0.153 e. The summed E-state index contributed by atoms with van der Waals surface area (Å²) in [5.41, 5.74) is 7.45. The lowest BCUT2D eigenvalue weighted by molar-refractivity contribution is 0.306. The van der Waals surface area contributed by atoms with Gasteiger partial charge in [0.25, 0.3) is 0 Å². The Morgan fingerprint density at radius 2 is 2.31 bits per heavy atom. The molecule has 16 heavy (non-hydrogen) atoms. The minimum atomic E-state index is 0.192. The minimum Gasteiger partial charge on any atom is -0.409 e. The molecule has 0 radical (unpaired) electrons. The van der Waals surface area contributed by atoms with E-state index in [-0.39, 0.29) is 5.84 Å². The molecule has 0 atom stereocenters. The zero-order valence-corrected chi connectivity index (χ0v) is 11.2. The number of halogens is 1. The van der Waals surface area contributed by atoms with Crippen molar-refractivity contribution in [2.45, 2.75) is 13.5 Å². The summed E-state index contributed by atoms with van der Waals surface area (Å²) in [5.74, 6) is 0.192. The summed E-state index contributed by atoms with van der Waals surface area (Å²) < 4.78 is 2.82. The van der Waals surface area contributed by atoms with Gasteiger partial charge in [-0.3, -0.25) is 9.58 Å². The SMILES string of the molecule is Cc1nn(C)c(CN(C)CC(N)=NO)c1Br. The highest BCUT2D eigenvalue weighted by Gasteiger charge is 2.13. The summed E-state index contributed by atoms with van der Waals surface area (Å²) in [6, 6.07) is 0. The third-order valence-electron chi connectivity index (χ3n) is 2.24. The molecule has 3 N–H and O–H groups in total. The monoisotopic (exact) mass is 289 g/mol. The molecule has 0 bridgehead atoms. The quantitative estimate of drug-likeness (QED) is 0.370. The number of aromatic nitrogens is 2. The van der Waals surface area contributed by atoms with E-state index in [1.54, 1.807) is 0 Å². The van der Waals surface area contributed by atoms with Crippen molar-refractivity contribution in [2.24, 2.45) is 17.9 Å². The Labute approximate surface area is 103 Å². The van der Waals surface area contributed by atoms with E-state index in [1.807, 2.05) is 30.6 Å². The second-order valence-electron chi connectivity index (χ2n) is 3.73. The summed E-state index contributed by atoms with van der Waals surface area (Å²) in [7, 11) is 3.79. The molecule has 1 heterocycles. The van der Waals surface area contributed by atoms with Gasteiger partial charge < -0.3 is 10.9 Å². The Hall–Kier alpha value is -1.08. The number of oxime groups is 1. The molecule has 0 amide bonds. The molecule has 6 nitrogen and oxygen atoms in total. The van der Waals surface area contributed by atoms with Gasteiger partial charge >= 0.3 is 0 Å². The highest BCUT2D eigenvalue weighted by atomic mass is 79.9. The maximum Gasteiger partial charge on any atom is 0.153 e. The second-order valence-corrected chi connectivity index (χ2v) is 4.53. The van der Waals surface area contributed by atoms with Gasteiger partial charge in [-0.1, -0.05) is 5.16 Å². The Morgan fingerprint density at radius 3 is 2.75 bits per heavy atom. The molecule has 0 aliphatic carbocycles. The Bertz CT molecular complexity index is 401. The van der Waals surface area contributed by atoms with Crippen molar-refractivity contribution < 1.29 is 5.21 Å². The van der Waals surface area contributed by atoms with Gasteiger partial charge in [-0.25, -0.2) is 0 Å². The van der Waals surface area contributed by atoms with E-state index < -0.39 is 0 Å². The molecule has 0 saturated heterocycles. The average molecular weight is 290 g/mol. The predicted octanol–water partition coefficient (Wildman–Crippen LogP) is 0.669. The Kier molecular flexibility index (Phi) is 4.31. The zero-order valence-electron chi connectivity index (χ0n) is 9.61. The van der Waals surface area contributed by atoms with Crippen LogP contribution in [0.15, 0.2) is 9.63 Å². The van der Waals surface area contributed by atoms with Crippen LogP contribution in [0, 0.1) is 6.92 Å². The summed E-state index contributed by atoms with van der Waals surface area (Å²) in [5, 5.41) is 15.7. The van der Waals surface area contributed by atoms with Gasteiger partial charge in [-0.2, -0.15) is 5.10 Å². The van der Waals surface area contributed by atoms with E-state index >= 15 is 0 Å². The maximum atomic E-state index is 8.47. The van der Waals surface area contributed by atoms with E-state index in [0.717, 1.165) is 15.9 Å². The molecule has 0 saturated carbocycles. The first kappa shape index (κ1) is 13.0. The average Bonchev–Trinajstić information content (AvgIpc) is 2.45. The number of nitrogens with zero attached hydrogens (tertiary/aromatic N) is 4. The van der Waals surface area contributed by atoms with Crippen molar-refractivity contribution in [3.8, 4) is 0 Å². The van der Waals surface area contributed by atoms with E-state index in [2.05, 4.69) is 26.2 Å². The van der Waals surface area contributed by atoms with E-state index in [1.165, 1.54) is 0 Å². The summed E-state index contributed by atoms with van der Waals surface area (Å²) >= 11 is 3.49. The number of amidine groups is 1. The zero-order chi connectivity index (χ0) is 12.3. The molecule has 0 unspecified atom stereocenters. The maximum absolute atomic E-state index is 8.47. The van der Waals surface area contributed by atoms with Crippen LogP contribution in [0.3, 0.4) is 0 Å². The summed E-state index contributed by atoms with van der Waals surface area (Å²) in [6.07, 6.45) is 0. The van der Waals surface area contributed by atoms with Crippen LogP contribution in [-0.4, -0.2) is 39.3 Å². The first-order valence-corrected chi connectivity index (χ1v) is 5.58. The van der Waals surface area contributed by atoms with Crippen LogP contribution >= 0.6 is 15.9 Å². The van der Waals surface area contributed by atoms with Crippen LogP contribution in [0.5, 0.6) is 0 Å². The first-order valence-electron chi connectivity index (χ1n) is 4.78. The molecule has 0 spiro atoms. The number of rotatable bonds is 4. The third-order valence-corrected chi connectivity index (χ3v) is 3.27. The van der Waals surface area contributed by atoms with E-state index in [4.69, 9.17) is 10.9 Å². The Balaban J connectivity index is 2.73. The van der Waals surface area contributed by atoms with Crippen molar-refractivity contribution in [3.63, 3.8) is 0 Å². The third kappa shape index (κ3) is 2.96. The fraction of sp³-hybridized carbons (Fsp3) is 0.556. The van der Waals surface area contributed by atoms with Crippen molar-refractivity contribution in [1.29, 1.82) is 0 Å². The van der Waals surface area contributed by atoms with Gasteiger partial charge in [0.2, 0.25) is 0 Å². The molecule has 0 aliphatic rings. The number of aryl methyl sites for hydroxylation is 2. The highest BCUT2D eigenvalue weighted by Crippen LogP contribution is 2.21. The molecular weight excluding hydrogens is 274 g/mol. The molecule has 7 heteroatoms. The van der Waals surface area contributed by atoms with Crippen molar-refractivity contribution >= 4 is 21.8 Å². The highest BCUT2D eigenvalue weighted by molar-refractivity contribution is 9.10. The molecule has 0 aliphatic heterocycles. The van der Waals surface area contributed by atoms with E-state index in [0.29, 0.717) is 13.1 Å². The van der Waals surface area contributed by atoms with Crippen molar-refractivity contribution in [3.05, 3.63) is 15.9 Å². The topological polar surface area (TPSA) is 79.7 Å². The number of nitrogens with two attached hydrogens (primary N) is 1. The van der Waals surface area contributed by atoms with Crippen molar-refractivity contribution in [2.75, 3.05) is 13.6 Å². The van der Waals surface area contributed by atoms with Crippen LogP contribution in [0.4, 0.5) is 0 Å². The van der Waals surface area contributed by atoms with Gasteiger partial charge in [0.05, 0.1) is 22.4 Å². The van der Waals surface area contributed by atoms with Crippen molar-refractivity contribution in [1.82, 2.24) is 14.7 Å². The fourth-order valence-corrected chi connectivity index (χ4v) is 1.93. The van der Waals surface area contributed by atoms with Gasteiger partial charge in [0.1, 0.15) is 0 Å². The summed E-state index contributed by atoms with van der Waals surface area (Å²) in [6.45, 7) is 3.03. The van der Waals surface area contributed by atoms with Gasteiger partial charge in [-0.05, 0) is 29.9 Å². The largest absolute Gasteiger partial charge is 0.409 e. The number of hydrogen-bond acceptors (Lipinski definition) is 4. The first-order chi connectivity index (χ1) is 7.45. The molecule has 1 rings (SSSR count). The Morgan fingerprint density at radius 1 is 1.69 bits per heavy atom. The van der Waals surface area contributed by atoms with Gasteiger partial charge in [0.15, 0.2) is 5.84 Å². The van der Waals surface area contributed by atoms with Crippen LogP contribution in [-0.2, 0) is 13.6 Å². The lowest BCUT2D eigenvalue weighted by Gasteiger charge is -2.15. The van der Waals surface area contributed by atoms with Crippen LogP contribution < -0.4 is 5.73 Å². The molecule has 1 aromatic rings. The standard InChI is InChI=1S/C9H16BrN5O/c1-6-9(10)7(15(3)12-6)4-14(2)5-8(11)13-16/h16H,4-5H2,1-3H3,(H2,11,13). The van der Waals surface area contributed by atoms with Crippen LogP contribution in [0.1, 0.15) is 11.4 Å². The van der Waals surface area contributed by atoms with Gasteiger partial charge in [-0.15, -0.1) is 0 Å². The lowest BCUT2D eigenvalue weighted by Crippen LogP contribution is -2.31. The van der Waals surface area contributed by atoms with Gasteiger partial charge in [0, 0.05) is 13.6 Å². The normalized spacial score (nSPS) is 12.4. The number of hydrogen-bond donors (Lipinski definition) is 2. The summed E-state index contributed by atoms with van der Waals surface area (Å²) in [4.78, 5) is 1.94. The molecule has 0 fully saturated rings. The fourth-order valence-electron chi connectivity index (χ4n) is 1.47. The number of likely N-dealkylation sites (N-methyl/N-ethyl adjacent to an activating group) is 1. The predicted molar refractivity (Wildman–Crippen MR) is 65.4 cm³/mol. The molecular formula is C9H16BrN5O. The lowest BCUT2D eigenvalue weighted by atomic mass is 10.3. The minimum absolute atomic E-state index is 0.192. The molecule has 90 valence electrons. The molecule has 1 aromatic heterocycles.